The van der Waals surface area contributed by atoms with Crippen LogP contribution < -0.4 is 0 Å². The molecule has 0 radical (unpaired) electrons. The van der Waals surface area contributed by atoms with E-state index in [-0.39, 0.29) is 30.6 Å². The third-order valence-electron chi connectivity index (χ3n) is 5.27. The van der Waals surface area contributed by atoms with Crippen molar-refractivity contribution < 1.29 is 14.6 Å². The average Bonchev–Trinajstić information content (AvgIpc) is 3.21. The molecular formula is C18H30N4O3. The van der Waals surface area contributed by atoms with Crippen LogP contribution in [0.2, 0.25) is 0 Å². The summed E-state index contributed by atoms with van der Waals surface area (Å²) in [4.78, 5) is 16.9. The molecule has 140 valence electrons. The Balaban J connectivity index is 1.51. The lowest BCUT2D eigenvalue weighted by Crippen LogP contribution is -2.48. The number of morpholine rings is 1. The third-order valence-corrected chi connectivity index (χ3v) is 5.27. The van der Waals surface area contributed by atoms with Gasteiger partial charge in [0.2, 0.25) is 5.91 Å². The lowest BCUT2D eigenvalue weighted by Gasteiger charge is -2.37. The number of hydrogen-bond acceptors (Lipinski definition) is 5. The lowest BCUT2D eigenvalue weighted by molar-refractivity contribution is -0.130. The van der Waals surface area contributed by atoms with Crippen LogP contribution >= 0.6 is 0 Å². The number of aromatic nitrogens is 2. The van der Waals surface area contributed by atoms with Gasteiger partial charge in [0.25, 0.3) is 0 Å². The third kappa shape index (κ3) is 4.80. The molecule has 0 aromatic carbocycles. The van der Waals surface area contributed by atoms with Crippen molar-refractivity contribution in [2.45, 2.75) is 39.0 Å². The molecule has 1 amide bonds. The maximum absolute atomic E-state index is 12.5. The van der Waals surface area contributed by atoms with E-state index >= 15 is 0 Å². The van der Waals surface area contributed by atoms with Crippen LogP contribution in [0.4, 0.5) is 0 Å². The molecule has 3 rings (SSSR count). The van der Waals surface area contributed by atoms with Gasteiger partial charge in [-0.25, -0.2) is 0 Å². The minimum Gasteiger partial charge on any atom is -0.396 e. The molecule has 7 nitrogen and oxygen atoms in total. The van der Waals surface area contributed by atoms with Gasteiger partial charge in [0.1, 0.15) is 0 Å². The maximum atomic E-state index is 12.5. The Bertz CT molecular complexity index is 541. The number of aliphatic hydroxyl groups is 1. The number of likely N-dealkylation sites (tertiary alicyclic amines) is 1. The number of aryl methyl sites for hydroxylation is 1. The molecule has 0 aliphatic carbocycles. The molecule has 3 heterocycles. The number of amides is 1. The number of aliphatic hydroxyl groups excluding tert-OH is 1. The van der Waals surface area contributed by atoms with E-state index < -0.39 is 0 Å². The molecule has 0 spiro atoms. The highest BCUT2D eigenvalue weighted by Gasteiger charge is 2.36. The fourth-order valence-electron chi connectivity index (χ4n) is 4.12. The molecule has 0 unspecified atom stereocenters. The fourth-order valence-corrected chi connectivity index (χ4v) is 4.12. The molecule has 1 N–H and O–H groups in total. The number of ether oxygens (including phenoxy) is 1. The Morgan fingerprint density at radius 1 is 1.20 bits per heavy atom. The smallest absolute Gasteiger partial charge is 0.224 e. The van der Waals surface area contributed by atoms with E-state index in [9.17, 15) is 9.90 Å². The topological polar surface area (TPSA) is 70.8 Å². The summed E-state index contributed by atoms with van der Waals surface area (Å²) in [6.07, 6.45) is 4.53. The molecule has 1 aromatic heterocycles. The van der Waals surface area contributed by atoms with E-state index in [0.29, 0.717) is 25.4 Å². The maximum Gasteiger partial charge on any atom is 0.224 e. The summed E-state index contributed by atoms with van der Waals surface area (Å²) in [6, 6.07) is 1.86. The fraction of sp³-hybridized carbons (Fsp3) is 0.778. The van der Waals surface area contributed by atoms with Crippen molar-refractivity contribution in [3.05, 3.63) is 18.5 Å². The zero-order valence-electron chi connectivity index (χ0n) is 15.3. The first-order valence-corrected chi connectivity index (χ1v) is 9.29. The minimum atomic E-state index is 0.142. The van der Waals surface area contributed by atoms with Crippen molar-refractivity contribution in [2.24, 2.45) is 11.8 Å². The zero-order chi connectivity index (χ0) is 17.8. The molecule has 2 fully saturated rings. The van der Waals surface area contributed by atoms with E-state index in [1.165, 1.54) is 0 Å². The molecular weight excluding hydrogens is 320 g/mol. The Morgan fingerprint density at radius 3 is 2.56 bits per heavy atom. The normalized spacial score (nSPS) is 30.8. The van der Waals surface area contributed by atoms with Crippen molar-refractivity contribution in [3.63, 3.8) is 0 Å². The van der Waals surface area contributed by atoms with Crippen molar-refractivity contribution in [2.75, 3.05) is 39.3 Å². The Hall–Kier alpha value is -1.44. The molecule has 2 aliphatic heterocycles. The van der Waals surface area contributed by atoms with E-state index in [0.717, 1.165) is 26.2 Å². The monoisotopic (exact) mass is 350 g/mol. The number of rotatable bonds is 6. The van der Waals surface area contributed by atoms with Crippen LogP contribution in [0.5, 0.6) is 0 Å². The minimum absolute atomic E-state index is 0.142. The number of carbonyl (C=O) groups is 1. The highest BCUT2D eigenvalue weighted by Crippen LogP contribution is 2.26. The Morgan fingerprint density at radius 2 is 1.92 bits per heavy atom. The average molecular weight is 350 g/mol. The van der Waals surface area contributed by atoms with E-state index in [4.69, 9.17) is 4.74 Å². The van der Waals surface area contributed by atoms with Crippen LogP contribution in [-0.4, -0.2) is 82.1 Å². The predicted octanol–water partition coefficient (Wildman–Crippen LogP) is 0.449. The van der Waals surface area contributed by atoms with Crippen LogP contribution in [0.3, 0.4) is 0 Å². The second-order valence-corrected chi connectivity index (χ2v) is 7.50. The predicted molar refractivity (Wildman–Crippen MR) is 93.9 cm³/mol. The second kappa shape index (κ2) is 8.29. The van der Waals surface area contributed by atoms with Gasteiger partial charge in [-0.3, -0.25) is 14.4 Å². The SMILES string of the molecule is C[C@@H]1CN(C[C@H]2CN(C(=O)CCn3cccn3)C[C@H]2CO)C[C@H](C)O1. The number of nitrogens with zero attached hydrogens (tertiary/aromatic N) is 4. The highest BCUT2D eigenvalue weighted by atomic mass is 16.5. The second-order valence-electron chi connectivity index (χ2n) is 7.50. The lowest BCUT2D eigenvalue weighted by atomic mass is 9.96. The number of carbonyl (C=O) groups excluding carboxylic acids is 1. The van der Waals surface area contributed by atoms with Crippen molar-refractivity contribution in [3.8, 4) is 0 Å². The molecule has 1 aromatic rings. The first kappa shape index (κ1) is 18.4. The largest absolute Gasteiger partial charge is 0.396 e. The molecule has 25 heavy (non-hydrogen) atoms. The van der Waals surface area contributed by atoms with Gasteiger partial charge >= 0.3 is 0 Å². The first-order chi connectivity index (χ1) is 12.0. The van der Waals surface area contributed by atoms with Gasteiger partial charge in [-0.2, -0.15) is 5.10 Å². The van der Waals surface area contributed by atoms with Crippen molar-refractivity contribution in [1.82, 2.24) is 19.6 Å². The van der Waals surface area contributed by atoms with Gasteiger partial charge in [-0.05, 0) is 25.8 Å². The van der Waals surface area contributed by atoms with Crippen LogP contribution in [0.25, 0.3) is 0 Å². The quantitative estimate of drug-likeness (QED) is 0.807. The van der Waals surface area contributed by atoms with Gasteiger partial charge in [-0.1, -0.05) is 0 Å². The molecule has 0 bridgehead atoms. The summed E-state index contributed by atoms with van der Waals surface area (Å²) < 4.78 is 7.58. The standard InChI is InChI=1S/C18H30N4O3/c1-14-8-20(9-15(2)25-14)10-16-11-21(12-17(16)13-23)18(24)4-7-22-6-3-5-19-22/h3,5-6,14-17,23H,4,7-13H2,1-2H3/t14-,15+,16-,17-/m0/s1. The molecule has 7 heteroatoms. The van der Waals surface area contributed by atoms with Crippen LogP contribution in [0.1, 0.15) is 20.3 Å². The van der Waals surface area contributed by atoms with E-state index in [2.05, 4.69) is 23.8 Å². The van der Waals surface area contributed by atoms with Crippen LogP contribution in [0, 0.1) is 11.8 Å². The summed E-state index contributed by atoms with van der Waals surface area (Å²) in [5, 5.41) is 13.9. The van der Waals surface area contributed by atoms with E-state index in [1.54, 1.807) is 10.9 Å². The highest BCUT2D eigenvalue weighted by molar-refractivity contribution is 5.76. The van der Waals surface area contributed by atoms with Gasteiger partial charge in [0.15, 0.2) is 0 Å². The first-order valence-electron chi connectivity index (χ1n) is 9.29. The summed E-state index contributed by atoms with van der Waals surface area (Å²) in [5.74, 6) is 0.651. The molecule has 2 aliphatic rings. The molecule has 2 saturated heterocycles. The Kier molecular flexibility index (Phi) is 6.09. The van der Waals surface area contributed by atoms with Gasteiger partial charge in [0, 0.05) is 70.6 Å². The summed E-state index contributed by atoms with van der Waals surface area (Å²) >= 11 is 0. The van der Waals surface area contributed by atoms with E-state index in [1.807, 2.05) is 17.2 Å². The summed E-state index contributed by atoms with van der Waals surface area (Å²) in [7, 11) is 0. The van der Waals surface area contributed by atoms with Crippen molar-refractivity contribution in [1.29, 1.82) is 0 Å². The van der Waals surface area contributed by atoms with Crippen LogP contribution in [-0.2, 0) is 16.1 Å². The zero-order valence-corrected chi connectivity index (χ0v) is 15.3. The van der Waals surface area contributed by atoms with Gasteiger partial charge in [0.05, 0.1) is 12.2 Å². The van der Waals surface area contributed by atoms with Crippen LogP contribution in [0.15, 0.2) is 18.5 Å². The number of hydrogen-bond donors (Lipinski definition) is 1. The van der Waals surface area contributed by atoms with Gasteiger partial charge < -0.3 is 14.7 Å². The summed E-state index contributed by atoms with van der Waals surface area (Å²) in [6.45, 7) is 9.12. The summed E-state index contributed by atoms with van der Waals surface area (Å²) in [5.41, 5.74) is 0. The molecule has 4 atom stereocenters. The van der Waals surface area contributed by atoms with Crippen molar-refractivity contribution >= 4 is 5.91 Å². The molecule has 0 saturated carbocycles. The Labute approximate surface area is 149 Å². The van der Waals surface area contributed by atoms with Gasteiger partial charge in [-0.15, -0.1) is 0 Å².